The van der Waals surface area contributed by atoms with Crippen molar-refractivity contribution in [2.45, 2.75) is 26.9 Å². The van der Waals surface area contributed by atoms with Gasteiger partial charge in [0.15, 0.2) is 0 Å². The Hall–Kier alpha value is -2.12. The fourth-order valence-corrected chi connectivity index (χ4v) is 3.16. The number of carbonyl (C=O) groups is 1. The molecule has 0 saturated carbocycles. The number of nitrogens with two attached hydrogens (primary N) is 1. The van der Waals surface area contributed by atoms with Gasteiger partial charge in [0.1, 0.15) is 12.0 Å². The van der Waals surface area contributed by atoms with Gasteiger partial charge in [-0.3, -0.25) is 14.4 Å². The Balaban J connectivity index is 1.58. The molecule has 130 valence electrons. The number of nitrogens with zero attached hydrogens (tertiary/aromatic N) is 4. The summed E-state index contributed by atoms with van der Waals surface area (Å²) in [4.78, 5) is 16.8. The number of furan rings is 1. The third-order valence-corrected chi connectivity index (χ3v) is 4.80. The van der Waals surface area contributed by atoms with Crippen LogP contribution in [0.15, 0.2) is 16.7 Å². The van der Waals surface area contributed by atoms with E-state index in [1.165, 1.54) is 17.5 Å². The lowest BCUT2D eigenvalue weighted by Crippen LogP contribution is -2.48. The molecule has 1 amide bonds. The van der Waals surface area contributed by atoms with Crippen LogP contribution in [-0.2, 0) is 20.1 Å². The average Bonchev–Trinajstić information content (AvgIpc) is 3.15. The molecule has 7 nitrogen and oxygen atoms in total. The predicted molar refractivity (Wildman–Crippen MR) is 90.5 cm³/mol. The summed E-state index contributed by atoms with van der Waals surface area (Å²) in [6, 6.07) is 1.73. The Morgan fingerprint density at radius 2 is 2.00 bits per heavy atom. The number of amides is 1. The van der Waals surface area contributed by atoms with E-state index in [1.807, 2.05) is 16.6 Å². The second-order valence-electron chi connectivity index (χ2n) is 6.35. The van der Waals surface area contributed by atoms with Gasteiger partial charge in [-0.15, -0.1) is 0 Å². The van der Waals surface area contributed by atoms with Gasteiger partial charge >= 0.3 is 0 Å². The molecule has 0 aliphatic carbocycles. The molecule has 1 aliphatic rings. The highest BCUT2D eigenvalue weighted by atomic mass is 16.3. The maximum absolute atomic E-state index is 12.5. The topological polar surface area (TPSA) is 80.5 Å². The van der Waals surface area contributed by atoms with Crippen molar-refractivity contribution < 1.29 is 9.21 Å². The number of aromatic nitrogens is 2. The Morgan fingerprint density at radius 1 is 1.29 bits per heavy atom. The Morgan fingerprint density at radius 3 is 2.54 bits per heavy atom. The molecular formula is C17H25N5O2. The van der Waals surface area contributed by atoms with Crippen molar-refractivity contribution in [1.82, 2.24) is 19.6 Å². The highest BCUT2D eigenvalue weighted by Gasteiger charge is 2.24. The smallest absolute Gasteiger partial charge is 0.257 e. The monoisotopic (exact) mass is 331 g/mol. The molecule has 0 aromatic carbocycles. The van der Waals surface area contributed by atoms with E-state index in [0.29, 0.717) is 17.9 Å². The van der Waals surface area contributed by atoms with Crippen LogP contribution in [0.4, 0.5) is 0 Å². The zero-order chi connectivity index (χ0) is 17.3. The second-order valence-corrected chi connectivity index (χ2v) is 6.35. The molecule has 3 rings (SSSR count). The molecule has 0 spiro atoms. The summed E-state index contributed by atoms with van der Waals surface area (Å²) in [5.41, 5.74) is 9.70. The minimum Gasteiger partial charge on any atom is -0.467 e. The largest absolute Gasteiger partial charge is 0.467 e. The Bertz CT molecular complexity index is 725. The first-order valence-electron chi connectivity index (χ1n) is 8.27. The van der Waals surface area contributed by atoms with E-state index >= 15 is 0 Å². The van der Waals surface area contributed by atoms with E-state index in [1.54, 1.807) is 6.07 Å². The van der Waals surface area contributed by atoms with Crippen molar-refractivity contribution in [1.29, 1.82) is 0 Å². The normalized spacial score (nSPS) is 15.9. The zero-order valence-electron chi connectivity index (χ0n) is 14.6. The maximum atomic E-state index is 12.5. The molecule has 0 atom stereocenters. The summed E-state index contributed by atoms with van der Waals surface area (Å²) < 4.78 is 7.19. The summed E-state index contributed by atoms with van der Waals surface area (Å²) in [6.45, 7) is 8.52. The van der Waals surface area contributed by atoms with Gasteiger partial charge in [0.2, 0.25) is 0 Å². The number of carbonyl (C=O) groups excluding carboxylic acids is 1. The van der Waals surface area contributed by atoms with Crippen LogP contribution in [0.25, 0.3) is 0 Å². The van der Waals surface area contributed by atoms with Crippen LogP contribution in [-0.4, -0.2) is 51.7 Å². The van der Waals surface area contributed by atoms with Gasteiger partial charge in [-0.1, -0.05) is 0 Å². The number of piperazine rings is 1. The van der Waals surface area contributed by atoms with Crippen LogP contribution in [0.1, 0.15) is 33.1 Å². The Kier molecular flexibility index (Phi) is 4.73. The van der Waals surface area contributed by atoms with Gasteiger partial charge < -0.3 is 15.1 Å². The van der Waals surface area contributed by atoms with E-state index in [2.05, 4.69) is 23.8 Å². The minimum absolute atomic E-state index is 0.0202. The number of aryl methyl sites for hydroxylation is 2. The third-order valence-electron chi connectivity index (χ3n) is 4.80. The van der Waals surface area contributed by atoms with Crippen molar-refractivity contribution >= 4 is 5.91 Å². The standard InChI is InChI=1S/C17H25N5O2/c1-12-16(13(2)20(3)19-12)10-21-4-6-22(7-5-21)17(23)14-8-15(9-18)24-11-14/h8,11H,4-7,9-10,18H2,1-3H3. The van der Waals surface area contributed by atoms with Crippen molar-refractivity contribution in [3.63, 3.8) is 0 Å². The molecule has 2 aromatic rings. The third kappa shape index (κ3) is 3.22. The van der Waals surface area contributed by atoms with Crippen molar-refractivity contribution in [2.75, 3.05) is 26.2 Å². The molecule has 0 radical (unpaired) electrons. The quantitative estimate of drug-likeness (QED) is 0.906. The molecule has 3 heterocycles. The molecule has 1 fully saturated rings. The molecule has 2 aromatic heterocycles. The summed E-state index contributed by atoms with van der Waals surface area (Å²) in [6.07, 6.45) is 1.50. The lowest BCUT2D eigenvalue weighted by Gasteiger charge is -2.34. The van der Waals surface area contributed by atoms with E-state index in [-0.39, 0.29) is 5.91 Å². The average molecular weight is 331 g/mol. The summed E-state index contributed by atoms with van der Waals surface area (Å²) in [5, 5.41) is 4.47. The maximum Gasteiger partial charge on any atom is 0.257 e. The summed E-state index contributed by atoms with van der Waals surface area (Å²) in [7, 11) is 1.98. The van der Waals surface area contributed by atoms with Gasteiger partial charge in [-0.05, 0) is 19.9 Å². The first-order valence-corrected chi connectivity index (χ1v) is 8.27. The van der Waals surface area contributed by atoms with E-state index in [4.69, 9.17) is 10.2 Å². The van der Waals surface area contributed by atoms with Crippen LogP contribution < -0.4 is 5.73 Å². The van der Waals surface area contributed by atoms with Crippen LogP contribution in [0, 0.1) is 13.8 Å². The lowest BCUT2D eigenvalue weighted by atomic mass is 10.1. The van der Waals surface area contributed by atoms with Gasteiger partial charge in [-0.25, -0.2) is 0 Å². The van der Waals surface area contributed by atoms with Crippen LogP contribution >= 0.6 is 0 Å². The molecule has 7 heteroatoms. The van der Waals surface area contributed by atoms with Gasteiger partial charge in [0, 0.05) is 51.0 Å². The zero-order valence-corrected chi connectivity index (χ0v) is 14.6. The first-order chi connectivity index (χ1) is 11.5. The highest BCUT2D eigenvalue weighted by Crippen LogP contribution is 2.17. The van der Waals surface area contributed by atoms with E-state index < -0.39 is 0 Å². The SMILES string of the molecule is Cc1nn(C)c(C)c1CN1CCN(C(=O)c2coc(CN)c2)CC1. The molecule has 0 bridgehead atoms. The van der Waals surface area contributed by atoms with Gasteiger partial charge in [0.05, 0.1) is 17.8 Å². The van der Waals surface area contributed by atoms with E-state index in [9.17, 15) is 4.79 Å². The van der Waals surface area contributed by atoms with E-state index in [0.717, 1.165) is 38.4 Å². The van der Waals surface area contributed by atoms with Crippen LogP contribution in [0.2, 0.25) is 0 Å². The fraction of sp³-hybridized carbons (Fsp3) is 0.529. The number of hydrogen-bond acceptors (Lipinski definition) is 5. The lowest BCUT2D eigenvalue weighted by molar-refractivity contribution is 0.0627. The molecule has 2 N–H and O–H groups in total. The highest BCUT2D eigenvalue weighted by molar-refractivity contribution is 5.94. The molecule has 24 heavy (non-hydrogen) atoms. The fourth-order valence-electron chi connectivity index (χ4n) is 3.16. The molecular weight excluding hydrogens is 306 g/mol. The van der Waals surface area contributed by atoms with Crippen LogP contribution in [0.3, 0.4) is 0 Å². The first kappa shape index (κ1) is 16.7. The summed E-state index contributed by atoms with van der Waals surface area (Å²) >= 11 is 0. The van der Waals surface area contributed by atoms with Crippen molar-refractivity contribution in [3.8, 4) is 0 Å². The second kappa shape index (κ2) is 6.78. The Labute approximate surface area is 142 Å². The molecule has 1 aliphatic heterocycles. The molecule has 0 unspecified atom stereocenters. The van der Waals surface area contributed by atoms with Crippen LogP contribution in [0.5, 0.6) is 0 Å². The minimum atomic E-state index is 0.0202. The van der Waals surface area contributed by atoms with Crippen molar-refractivity contribution in [2.24, 2.45) is 12.8 Å². The number of hydrogen-bond donors (Lipinski definition) is 1. The van der Waals surface area contributed by atoms with Crippen molar-refractivity contribution in [3.05, 3.63) is 40.6 Å². The van der Waals surface area contributed by atoms with Gasteiger partial charge in [-0.2, -0.15) is 5.10 Å². The summed E-state index contributed by atoms with van der Waals surface area (Å²) in [5.74, 6) is 0.659. The number of rotatable bonds is 4. The van der Waals surface area contributed by atoms with Gasteiger partial charge in [0.25, 0.3) is 5.91 Å². The molecule has 1 saturated heterocycles. The predicted octanol–water partition coefficient (Wildman–Crippen LogP) is 1.05.